The topological polar surface area (TPSA) is 64.1 Å². The molecule has 1 heterocycles. The molecule has 1 aromatic rings. The smallest absolute Gasteiger partial charge is 0.0738 e. The first-order valence-corrected chi connectivity index (χ1v) is 6.87. The average Bonchev–Trinajstić information content (AvgIpc) is 2.57. The van der Waals surface area contributed by atoms with Gasteiger partial charge in [0.15, 0.2) is 0 Å². The normalized spacial score (nSPS) is 29.6. The van der Waals surface area contributed by atoms with E-state index in [0.29, 0.717) is 6.04 Å². The molecule has 0 bridgehead atoms. The van der Waals surface area contributed by atoms with Gasteiger partial charge in [0.1, 0.15) is 0 Å². The summed E-state index contributed by atoms with van der Waals surface area (Å²) >= 11 is 3.55. The minimum Gasteiger partial charge on any atom is -0.394 e. The zero-order chi connectivity index (χ0) is 12.6. The highest BCUT2D eigenvalue weighted by atomic mass is 79.9. The third kappa shape index (κ3) is 2.41. The van der Waals surface area contributed by atoms with E-state index in [9.17, 15) is 5.11 Å². The Morgan fingerprint density at radius 3 is 2.82 bits per heavy atom. The van der Waals surface area contributed by atoms with Gasteiger partial charge in [-0.1, -0.05) is 0 Å². The number of nitrogens with two attached hydrogens (primary N) is 1. The van der Waals surface area contributed by atoms with Gasteiger partial charge in [-0.05, 0) is 55.5 Å². The third-order valence-electron chi connectivity index (χ3n) is 3.75. The number of nitrogens with zero attached hydrogens (tertiary/aromatic N) is 2. The number of hydrogen-bond donors (Lipinski definition) is 2. The lowest BCUT2D eigenvalue weighted by Crippen LogP contribution is -2.48. The highest BCUT2D eigenvalue weighted by Crippen LogP contribution is 2.35. The number of halogens is 1. The van der Waals surface area contributed by atoms with Crippen LogP contribution >= 0.6 is 15.9 Å². The maximum Gasteiger partial charge on any atom is 0.0738 e. The molecule has 4 nitrogen and oxygen atoms in total. The molecule has 0 amide bonds. The number of hydrogen-bond acceptors (Lipinski definition) is 3. The molecule has 17 heavy (non-hydrogen) atoms. The van der Waals surface area contributed by atoms with Crippen molar-refractivity contribution < 1.29 is 5.11 Å². The second-order valence-corrected chi connectivity index (χ2v) is 5.99. The SMILES string of the molecule is Cc1nn(C2CCCC(N)(CO)C2)c(C)c1Br. The minimum absolute atomic E-state index is 0.0595. The maximum absolute atomic E-state index is 9.38. The molecule has 1 fully saturated rings. The Labute approximate surface area is 110 Å². The van der Waals surface area contributed by atoms with Gasteiger partial charge in [-0.3, -0.25) is 4.68 Å². The zero-order valence-electron chi connectivity index (χ0n) is 10.4. The summed E-state index contributed by atoms with van der Waals surface area (Å²) in [5.74, 6) is 0. The van der Waals surface area contributed by atoms with E-state index in [4.69, 9.17) is 5.73 Å². The Bertz CT molecular complexity index is 418. The summed E-state index contributed by atoms with van der Waals surface area (Å²) in [5, 5.41) is 13.9. The van der Waals surface area contributed by atoms with Gasteiger partial charge in [0.2, 0.25) is 0 Å². The standard InChI is InChI=1S/C12H20BrN3O/c1-8-11(13)9(2)16(15-8)10-4-3-5-12(14,6-10)7-17/h10,17H,3-7,14H2,1-2H3. The zero-order valence-corrected chi connectivity index (χ0v) is 12.0. The number of rotatable bonds is 2. The Morgan fingerprint density at radius 1 is 1.59 bits per heavy atom. The lowest BCUT2D eigenvalue weighted by molar-refractivity contribution is 0.126. The average molecular weight is 302 g/mol. The monoisotopic (exact) mass is 301 g/mol. The van der Waals surface area contributed by atoms with Crippen LogP contribution in [0.4, 0.5) is 0 Å². The van der Waals surface area contributed by atoms with Gasteiger partial charge in [0.25, 0.3) is 0 Å². The van der Waals surface area contributed by atoms with Crippen molar-refractivity contribution in [2.75, 3.05) is 6.61 Å². The summed E-state index contributed by atoms with van der Waals surface area (Å²) in [5.41, 5.74) is 7.91. The van der Waals surface area contributed by atoms with Crippen LogP contribution in [0, 0.1) is 13.8 Å². The van der Waals surface area contributed by atoms with E-state index in [-0.39, 0.29) is 6.61 Å². The minimum atomic E-state index is -0.429. The van der Waals surface area contributed by atoms with Crippen LogP contribution in [0.25, 0.3) is 0 Å². The highest BCUT2D eigenvalue weighted by Gasteiger charge is 2.34. The van der Waals surface area contributed by atoms with E-state index in [2.05, 4.69) is 32.6 Å². The Kier molecular flexibility index (Phi) is 3.61. The van der Waals surface area contributed by atoms with Crippen LogP contribution in [0.15, 0.2) is 4.47 Å². The van der Waals surface area contributed by atoms with Crippen molar-refractivity contribution in [2.45, 2.75) is 51.1 Å². The van der Waals surface area contributed by atoms with E-state index < -0.39 is 5.54 Å². The summed E-state index contributed by atoms with van der Waals surface area (Å²) in [6, 6.07) is 0.311. The van der Waals surface area contributed by atoms with Crippen molar-refractivity contribution in [2.24, 2.45) is 5.73 Å². The first-order valence-electron chi connectivity index (χ1n) is 6.08. The molecule has 2 unspecified atom stereocenters. The Morgan fingerprint density at radius 2 is 2.29 bits per heavy atom. The van der Waals surface area contributed by atoms with Gasteiger partial charge in [-0.2, -0.15) is 5.10 Å². The molecule has 3 N–H and O–H groups in total. The molecule has 0 radical (unpaired) electrons. The molecule has 0 spiro atoms. The molecule has 96 valence electrons. The fourth-order valence-corrected chi connectivity index (χ4v) is 2.97. The van der Waals surface area contributed by atoms with E-state index in [0.717, 1.165) is 41.5 Å². The Balaban J connectivity index is 2.25. The van der Waals surface area contributed by atoms with Gasteiger partial charge in [0, 0.05) is 5.54 Å². The van der Waals surface area contributed by atoms with Crippen molar-refractivity contribution in [3.63, 3.8) is 0 Å². The van der Waals surface area contributed by atoms with Crippen LogP contribution in [0.2, 0.25) is 0 Å². The molecule has 0 saturated heterocycles. The molecule has 0 aliphatic heterocycles. The number of aryl methyl sites for hydroxylation is 1. The number of aromatic nitrogens is 2. The molecule has 1 aliphatic rings. The predicted octanol–water partition coefficient (Wildman–Crippen LogP) is 2.07. The molecule has 2 rings (SSSR count). The molecule has 5 heteroatoms. The lowest BCUT2D eigenvalue weighted by atomic mass is 9.80. The van der Waals surface area contributed by atoms with Gasteiger partial charge in [-0.15, -0.1) is 0 Å². The van der Waals surface area contributed by atoms with E-state index in [1.165, 1.54) is 0 Å². The summed E-state index contributed by atoms with van der Waals surface area (Å²) in [6.45, 7) is 4.12. The number of aliphatic hydroxyl groups excluding tert-OH is 1. The maximum atomic E-state index is 9.38. The van der Waals surface area contributed by atoms with E-state index in [1.807, 2.05) is 6.92 Å². The molecule has 2 atom stereocenters. The van der Waals surface area contributed by atoms with Gasteiger partial charge in [0.05, 0.1) is 28.5 Å². The van der Waals surface area contributed by atoms with Gasteiger partial charge >= 0.3 is 0 Å². The first-order chi connectivity index (χ1) is 7.97. The van der Waals surface area contributed by atoms with Crippen molar-refractivity contribution in [3.8, 4) is 0 Å². The van der Waals surface area contributed by atoms with E-state index >= 15 is 0 Å². The van der Waals surface area contributed by atoms with Crippen LogP contribution in [0.1, 0.15) is 43.1 Å². The van der Waals surface area contributed by atoms with Crippen molar-refractivity contribution >= 4 is 15.9 Å². The lowest BCUT2D eigenvalue weighted by Gasteiger charge is -2.37. The van der Waals surface area contributed by atoms with Crippen LogP contribution in [-0.2, 0) is 0 Å². The summed E-state index contributed by atoms with van der Waals surface area (Å²) in [4.78, 5) is 0. The molecule has 1 saturated carbocycles. The molecule has 0 aromatic carbocycles. The van der Waals surface area contributed by atoms with Crippen LogP contribution in [-0.4, -0.2) is 27.0 Å². The van der Waals surface area contributed by atoms with Crippen molar-refractivity contribution in [1.29, 1.82) is 0 Å². The third-order valence-corrected chi connectivity index (χ3v) is 4.90. The quantitative estimate of drug-likeness (QED) is 0.879. The Hall–Kier alpha value is -0.390. The fraction of sp³-hybridized carbons (Fsp3) is 0.750. The van der Waals surface area contributed by atoms with Gasteiger partial charge in [-0.25, -0.2) is 0 Å². The first kappa shape index (κ1) is 13.1. The molecule has 1 aromatic heterocycles. The van der Waals surface area contributed by atoms with Crippen LogP contribution in [0.3, 0.4) is 0 Å². The second kappa shape index (κ2) is 4.71. The highest BCUT2D eigenvalue weighted by molar-refractivity contribution is 9.10. The van der Waals surface area contributed by atoms with Crippen LogP contribution in [0.5, 0.6) is 0 Å². The fourth-order valence-electron chi connectivity index (χ4n) is 2.71. The van der Waals surface area contributed by atoms with Crippen molar-refractivity contribution in [1.82, 2.24) is 9.78 Å². The van der Waals surface area contributed by atoms with Crippen LogP contribution < -0.4 is 5.73 Å². The molecular weight excluding hydrogens is 282 g/mol. The predicted molar refractivity (Wildman–Crippen MR) is 70.9 cm³/mol. The van der Waals surface area contributed by atoms with E-state index in [1.54, 1.807) is 0 Å². The molecule has 1 aliphatic carbocycles. The summed E-state index contributed by atoms with van der Waals surface area (Å²) in [6.07, 6.45) is 3.85. The summed E-state index contributed by atoms with van der Waals surface area (Å²) in [7, 11) is 0. The number of aliphatic hydroxyl groups is 1. The van der Waals surface area contributed by atoms with Gasteiger partial charge < -0.3 is 10.8 Å². The largest absolute Gasteiger partial charge is 0.394 e. The summed E-state index contributed by atoms with van der Waals surface area (Å²) < 4.78 is 3.14. The van der Waals surface area contributed by atoms with Crippen molar-refractivity contribution in [3.05, 3.63) is 15.9 Å². The molecular formula is C12H20BrN3O. The second-order valence-electron chi connectivity index (χ2n) is 5.20.